The molecule has 0 bridgehead atoms. The van der Waals surface area contributed by atoms with Crippen molar-refractivity contribution in [2.75, 3.05) is 18.5 Å². The normalized spacial score (nSPS) is 11.7. The number of nitrogens with one attached hydrogen (secondary N) is 2. The van der Waals surface area contributed by atoms with Crippen molar-refractivity contribution in [1.29, 1.82) is 0 Å². The molecule has 0 atom stereocenters. The van der Waals surface area contributed by atoms with Gasteiger partial charge in [-0.2, -0.15) is 13.2 Å². The molecule has 118 valence electrons. The second-order valence-electron chi connectivity index (χ2n) is 4.90. The number of amides is 1. The zero-order chi connectivity index (χ0) is 16.0. The maximum absolute atomic E-state index is 12.5. The van der Waals surface area contributed by atoms with E-state index in [1.54, 1.807) is 0 Å². The number of carbonyl (C=O) groups is 1. The summed E-state index contributed by atoms with van der Waals surface area (Å²) in [6, 6.07) is 0.603. The van der Waals surface area contributed by atoms with Crippen molar-refractivity contribution < 1.29 is 22.7 Å². The molecule has 0 aromatic carbocycles. The summed E-state index contributed by atoms with van der Waals surface area (Å²) in [6.45, 7) is 4.52. The molecule has 0 fully saturated rings. The Morgan fingerprint density at radius 2 is 2.10 bits per heavy atom. The molecule has 1 aromatic heterocycles. The van der Waals surface area contributed by atoms with E-state index in [1.807, 2.05) is 18.8 Å². The Hall–Kier alpha value is -1.83. The largest absolute Gasteiger partial charge is 0.417 e. The summed E-state index contributed by atoms with van der Waals surface area (Å²) in [5, 5.41) is 2.15. The quantitative estimate of drug-likeness (QED) is 0.793. The van der Waals surface area contributed by atoms with Gasteiger partial charge in [-0.25, -0.2) is 0 Å². The van der Waals surface area contributed by atoms with Crippen molar-refractivity contribution in [3.63, 3.8) is 0 Å². The first-order chi connectivity index (χ1) is 9.70. The molecule has 1 rings (SSSR count). The van der Waals surface area contributed by atoms with Gasteiger partial charge in [-0.15, -0.1) is 0 Å². The molecule has 0 saturated heterocycles. The van der Waals surface area contributed by atoms with E-state index in [4.69, 9.17) is 4.74 Å². The Morgan fingerprint density at radius 3 is 2.67 bits per heavy atom. The van der Waals surface area contributed by atoms with Gasteiger partial charge in [-0.3, -0.25) is 9.59 Å². The van der Waals surface area contributed by atoms with Gasteiger partial charge in [0, 0.05) is 12.8 Å². The second-order valence-corrected chi connectivity index (χ2v) is 4.90. The summed E-state index contributed by atoms with van der Waals surface area (Å²) in [5.41, 5.74) is -2.26. The minimum atomic E-state index is -4.59. The van der Waals surface area contributed by atoms with Gasteiger partial charge in [-0.1, -0.05) is 13.8 Å². The fourth-order valence-electron chi connectivity index (χ4n) is 1.44. The lowest BCUT2D eigenvalue weighted by Gasteiger charge is -2.09. The Balaban J connectivity index is 2.62. The Bertz CT molecular complexity index is 538. The number of alkyl halides is 3. The molecule has 1 heterocycles. The summed E-state index contributed by atoms with van der Waals surface area (Å²) >= 11 is 0. The van der Waals surface area contributed by atoms with Crippen LogP contribution in [0.25, 0.3) is 0 Å². The van der Waals surface area contributed by atoms with E-state index in [0.717, 1.165) is 0 Å². The molecule has 0 spiro atoms. The smallest absolute Gasteiger partial charge is 0.381 e. The number of anilines is 1. The van der Waals surface area contributed by atoms with Crippen LogP contribution in [0.4, 0.5) is 18.9 Å². The molecule has 21 heavy (non-hydrogen) atoms. The molecule has 5 nitrogen and oxygen atoms in total. The van der Waals surface area contributed by atoms with Crippen LogP contribution < -0.4 is 10.9 Å². The van der Waals surface area contributed by atoms with Gasteiger partial charge in [0.25, 0.3) is 5.56 Å². The topological polar surface area (TPSA) is 71.2 Å². The van der Waals surface area contributed by atoms with E-state index in [2.05, 4.69) is 5.32 Å². The zero-order valence-electron chi connectivity index (χ0n) is 11.7. The number of aromatic amines is 1. The van der Waals surface area contributed by atoms with E-state index < -0.39 is 28.9 Å². The van der Waals surface area contributed by atoms with Crippen LogP contribution in [-0.2, 0) is 15.7 Å². The minimum absolute atomic E-state index is 0.0393. The number of rotatable bonds is 6. The summed E-state index contributed by atoms with van der Waals surface area (Å²) in [6.07, 6.45) is -4.07. The maximum atomic E-state index is 12.5. The van der Waals surface area contributed by atoms with Crippen LogP contribution >= 0.6 is 0 Å². The Kier molecular flexibility index (Phi) is 5.95. The minimum Gasteiger partial charge on any atom is -0.381 e. The van der Waals surface area contributed by atoms with Crippen molar-refractivity contribution in [2.45, 2.75) is 26.4 Å². The summed E-state index contributed by atoms with van der Waals surface area (Å²) < 4.78 is 42.7. The highest BCUT2D eigenvalue weighted by Crippen LogP contribution is 2.29. The fourth-order valence-corrected chi connectivity index (χ4v) is 1.44. The standard InChI is InChI=1S/C13H17F3N2O3/c1-8(2)7-21-4-3-11(19)18-10-5-9(13(14,15)16)6-17-12(10)20/h5-6,8H,3-4,7H2,1-2H3,(H,17,20)(H,18,19). The first-order valence-corrected chi connectivity index (χ1v) is 6.37. The SMILES string of the molecule is CC(C)COCCC(=O)Nc1cc(C(F)(F)F)c[nH]c1=O. The van der Waals surface area contributed by atoms with Crippen LogP contribution in [0.1, 0.15) is 25.8 Å². The van der Waals surface area contributed by atoms with Gasteiger partial charge in [0.1, 0.15) is 5.69 Å². The first-order valence-electron chi connectivity index (χ1n) is 6.37. The third-order valence-electron chi connectivity index (χ3n) is 2.43. The number of aromatic nitrogens is 1. The van der Waals surface area contributed by atoms with Crippen LogP contribution in [0.5, 0.6) is 0 Å². The van der Waals surface area contributed by atoms with Crippen LogP contribution in [0.2, 0.25) is 0 Å². The predicted molar refractivity (Wildman–Crippen MR) is 71.0 cm³/mol. The van der Waals surface area contributed by atoms with Crippen molar-refractivity contribution in [1.82, 2.24) is 4.98 Å². The van der Waals surface area contributed by atoms with Gasteiger partial charge in [-0.05, 0) is 12.0 Å². The van der Waals surface area contributed by atoms with Gasteiger partial charge in [0.05, 0.1) is 18.6 Å². The molecular formula is C13H17F3N2O3. The van der Waals surface area contributed by atoms with Crippen LogP contribution in [0.3, 0.4) is 0 Å². The van der Waals surface area contributed by atoms with E-state index >= 15 is 0 Å². The third-order valence-corrected chi connectivity index (χ3v) is 2.43. The molecule has 0 unspecified atom stereocenters. The molecule has 1 amide bonds. The monoisotopic (exact) mass is 306 g/mol. The lowest BCUT2D eigenvalue weighted by Crippen LogP contribution is -2.22. The maximum Gasteiger partial charge on any atom is 0.417 e. The number of H-pyrrole nitrogens is 1. The van der Waals surface area contributed by atoms with Crippen molar-refractivity contribution >= 4 is 11.6 Å². The van der Waals surface area contributed by atoms with E-state index in [1.165, 1.54) is 0 Å². The average Bonchev–Trinajstić information content (AvgIpc) is 2.36. The van der Waals surface area contributed by atoms with Crippen molar-refractivity contribution in [3.8, 4) is 0 Å². The Morgan fingerprint density at radius 1 is 1.43 bits per heavy atom. The Labute approximate surface area is 119 Å². The third kappa shape index (κ3) is 5.99. The number of pyridine rings is 1. The van der Waals surface area contributed by atoms with E-state index in [9.17, 15) is 22.8 Å². The fraction of sp³-hybridized carbons (Fsp3) is 0.538. The second kappa shape index (κ2) is 7.26. The van der Waals surface area contributed by atoms with E-state index in [0.29, 0.717) is 24.8 Å². The highest BCUT2D eigenvalue weighted by atomic mass is 19.4. The lowest BCUT2D eigenvalue weighted by atomic mass is 10.2. The van der Waals surface area contributed by atoms with E-state index in [-0.39, 0.29) is 13.0 Å². The number of hydrogen-bond donors (Lipinski definition) is 2. The molecule has 8 heteroatoms. The lowest BCUT2D eigenvalue weighted by molar-refractivity contribution is -0.137. The molecule has 2 N–H and O–H groups in total. The highest BCUT2D eigenvalue weighted by molar-refractivity contribution is 5.90. The van der Waals surface area contributed by atoms with Gasteiger partial charge >= 0.3 is 6.18 Å². The number of hydrogen-bond acceptors (Lipinski definition) is 3. The number of ether oxygens (including phenoxy) is 1. The van der Waals surface area contributed by atoms with Crippen LogP contribution in [-0.4, -0.2) is 24.1 Å². The molecule has 0 aliphatic heterocycles. The first kappa shape index (κ1) is 17.2. The summed E-state index contributed by atoms with van der Waals surface area (Å²) in [7, 11) is 0. The molecule has 0 saturated carbocycles. The predicted octanol–water partition coefficient (Wildman–Crippen LogP) is 2.39. The molecular weight excluding hydrogens is 289 g/mol. The van der Waals surface area contributed by atoms with Crippen LogP contribution in [0, 0.1) is 5.92 Å². The summed E-state index contributed by atoms with van der Waals surface area (Å²) in [5.74, 6) is -0.261. The van der Waals surface area contributed by atoms with Gasteiger partial charge in [0.2, 0.25) is 5.91 Å². The van der Waals surface area contributed by atoms with Crippen LogP contribution in [0.15, 0.2) is 17.1 Å². The molecule has 1 aromatic rings. The zero-order valence-corrected chi connectivity index (χ0v) is 11.7. The van der Waals surface area contributed by atoms with Crippen molar-refractivity contribution in [3.05, 3.63) is 28.2 Å². The molecule has 0 radical (unpaired) electrons. The summed E-state index contributed by atoms with van der Waals surface area (Å²) in [4.78, 5) is 24.9. The highest BCUT2D eigenvalue weighted by Gasteiger charge is 2.31. The molecule has 0 aliphatic rings. The molecule has 0 aliphatic carbocycles. The number of carbonyl (C=O) groups excluding carboxylic acids is 1. The average molecular weight is 306 g/mol. The van der Waals surface area contributed by atoms with Gasteiger partial charge < -0.3 is 15.0 Å². The van der Waals surface area contributed by atoms with Gasteiger partial charge in [0.15, 0.2) is 0 Å². The number of halogens is 3. The van der Waals surface area contributed by atoms with Crippen molar-refractivity contribution in [2.24, 2.45) is 5.92 Å².